The van der Waals surface area contributed by atoms with Crippen molar-refractivity contribution >= 4 is 0 Å². The fraction of sp³-hybridized carbons (Fsp3) is 0.538. The molecule has 0 aliphatic heterocycles. The standard InChI is InChI=1S/C13H18O/c1-9-7-8-12(14-3)13-10(2)5-4-6-11(9)13/h7-8,10H,4-6H2,1-3H3. The molecular weight excluding hydrogens is 172 g/mol. The van der Waals surface area contributed by atoms with Crippen LogP contribution >= 0.6 is 0 Å². The lowest BCUT2D eigenvalue weighted by molar-refractivity contribution is 0.400. The molecule has 1 aromatic rings. The molecule has 0 N–H and O–H groups in total. The second kappa shape index (κ2) is 3.64. The molecule has 1 unspecified atom stereocenters. The van der Waals surface area contributed by atoms with Crippen molar-refractivity contribution in [3.05, 3.63) is 28.8 Å². The van der Waals surface area contributed by atoms with E-state index in [9.17, 15) is 0 Å². The summed E-state index contributed by atoms with van der Waals surface area (Å²) in [5, 5.41) is 0. The normalized spacial score (nSPS) is 20.4. The molecule has 1 atom stereocenters. The molecule has 0 saturated heterocycles. The SMILES string of the molecule is COc1ccc(C)c2c1C(C)CCC2. The Labute approximate surface area is 86.1 Å². The summed E-state index contributed by atoms with van der Waals surface area (Å²) in [6, 6.07) is 4.28. The largest absolute Gasteiger partial charge is 0.496 e. The first kappa shape index (κ1) is 9.57. The second-order valence-corrected chi connectivity index (χ2v) is 4.27. The highest BCUT2D eigenvalue weighted by atomic mass is 16.5. The van der Waals surface area contributed by atoms with E-state index in [1.54, 1.807) is 7.11 Å². The van der Waals surface area contributed by atoms with E-state index in [1.165, 1.54) is 36.0 Å². The van der Waals surface area contributed by atoms with Gasteiger partial charge in [0.05, 0.1) is 7.11 Å². The van der Waals surface area contributed by atoms with Gasteiger partial charge in [-0.15, -0.1) is 0 Å². The van der Waals surface area contributed by atoms with Crippen LogP contribution in [0.15, 0.2) is 12.1 Å². The molecule has 1 aromatic carbocycles. The van der Waals surface area contributed by atoms with Crippen molar-refractivity contribution in [1.82, 2.24) is 0 Å². The summed E-state index contributed by atoms with van der Waals surface area (Å²) in [5.74, 6) is 1.74. The fourth-order valence-electron chi connectivity index (χ4n) is 2.53. The molecule has 0 radical (unpaired) electrons. The van der Waals surface area contributed by atoms with Gasteiger partial charge >= 0.3 is 0 Å². The van der Waals surface area contributed by atoms with Crippen LogP contribution in [0.5, 0.6) is 5.75 Å². The number of rotatable bonds is 1. The first-order valence-electron chi connectivity index (χ1n) is 5.40. The number of ether oxygens (including phenoxy) is 1. The van der Waals surface area contributed by atoms with Crippen LogP contribution in [0.4, 0.5) is 0 Å². The predicted molar refractivity (Wildman–Crippen MR) is 59.1 cm³/mol. The quantitative estimate of drug-likeness (QED) is 0.659. The molecule has 1 aliphatic rings. The maximum Gasteiger partial charge on any atom is 0.122 e. The summed E-state index contributed by atoms with van der Waals surface area (Å²) < 4.78 is 5.44. The van der Waals surface area contributed by atoms with E-state index >= 15 is 0 Å². The fourth-order valence-corrected chi connectivity index (χ4v) is 2.53. The van der Waals surface area contributed by atoms with Gasteiger partial charge in [0.2, 0.25) is 0 Å². The van der Waals surface area contributed by atoms with E-state index in [0.717, 1.165) is 5.75 Å². The lowest BCUT2D eigenvalue weighted by Crippen LogP contribution is -2.10. The van der Waals surface area contributed by atoms with E-state index < -0.39 is 0 Å². The Balaban J connectivity index is 2.58. The summed E-state index contributed by atoms with van der Waals surface area (Å²) >= 11 is 0. The van der Waals surface area contributed by atoms with E-state index in [1.807, 2.05) is 0 Å². The van der Waals surface area contributed by atoms with Crippen molar-refractivity contribution < 1.29 is 4.74 Å². The zero-order valence-electron chi connectivity index (χ0n) is 9.26. The zero-order valence-corrected chi connectivity index (χ0v) is 9.26. The molecule has 1 heteroatoms. The summed E-state index contributed by atoms with van der Waals surface area (Å²) in [7, 11) is 1.77. The van der Waals surface area contributed by atoms with Crippen LogP contribution < -0.4 is 4.74 Å². The lowest BCUT2D eigenvalue weighted by atomic mass is 9.81. The van der Waals surface area contributed by atoms with Crippen LogP contribution in [-0.4, -0.2) is 7.11 Å². The maximum absolute atomic E-state index is 5.44. The van der Waals surface area contributed by atoms with Crippen LogP contribution in [0.1, 0.15) is 42.4 Å². The Bertz CT molecular complexity index is 341. The number of hydrogen-bond acceptors (Lipinski definition) is 1. The van der Waals surface area contributed by atoms with Gasteiger partial charge in [-0.2, -0.15) is 0 Å². The van der Waals surface area contributed by atoms with Crippen molar-refractivity contribution in [3.63, 3.8) is 0 Å². The lowest BCUT2D eigenvalue weighted by Gasteiger charge is -2.26. The molecule has 0 aromatic heterocycles. The first-order chi connectivity index (χ1) is 6.74. The highest BCUT2D eigenvalue weighted by molar-refractivity contribution is 5.48. The highest BCUT2D eigenvalue weighted by Crippen LogP contribution is 2.38. The summed E-state index contributed by atoms with van der Waals surface area (Å²) in [4.78, 5) is 0. The van der Waals surface area contributed by atoms with Crippen LogP contribution in [0.3, 0.4) is 0 Å². The molecule has 0 bridgehead atoms. The second-order valence-electron chi connectivity index (χ2n) is 4.27. The van der Waals surface area contributed by atoms with Gasteiger partial charge in [-0.1, -0.05) is 13.0 Å². The molecule has 0 amide bonds. The Kier molecular flexibility index (Phi) is 2.49. The van der Waals surface area contributed by atoms with Crippen molar-refractivity contribution in [3.8, 4) is 5.75 Å². The predicted octanol–water partition coefficient (Wildman–Crippen LogP) is 3.44. The topological polar surface area (TPSA) is 9.23 Å². The average Bonchev–Trinajstić information content (AvgIpc) is 2.20. The summed E-state index contributed by atoms with van der Waals surface area (Å²) in [6.45, 7) is 4.51. The van der Waals surface area contributed by atoms with Crippen molar-refractivity contribution in [2.45, 2.75) is 39.0 Å². The minimum Gasteiger partial charge on any atom is -0.496 e. The highest BCUT2D eigenvalue weighted by Gasteiger charge is 2.21. The molecule has 1 aliphatic carbocycles. The smallest absolute Gasteiger partial charge is 0.122 e. The van der Waals surface area contributed by atoms with Gasteiger partial charge in [-0.3, -0.25) is 0 Å². The van der Waals surface area contributed by atoms with E-state index in [0.29, 0.717) is 5.92 Å². The number of aryl methyl sites for hydroxylation is 1. The third-order valence-corrected chi connectivity index (χ3v) is 3.33. The van der Waals surface area contributed by atoms with E-state index in [2.05, 4.69) is 26.0 Å². The van der Waals surface area contributed by atoms with Crippen molar-refractivity contribution in [2.24, 2.45) is 0 Å². The van der Waals surface area contributed by atoms with Gasteiger partial charge in [0.1, 0.15) is 5.75 Å². The maximum atomic E-state index is 5.44. The Morgan fingerprint density at radius 1 is 1.36 bits per heavy atom. The third-order valence-electron chi connectivity index (χ3n) is 3.33. The van der Waals surface area contributed by atoms with E-state index in [-0.39, 0.29) is 0 Å². The summed E-state index contributed by atoms with van der Waals surface area (Å²) in [5.41, 5.74) is 4.41. The molecular formula is C13H18O. The van der Waals surface area contributed by atoms with Crippen LogP contribution in [0.2, 0.25) is 0 Å². The minimum atomic E-state index is 0.661. The monoisotopic (exact) mass is 190 g/mol. The molecule has 0 saturated carbocycles. The molecule has 1 nitrogen and oxygen atoms in total. The van der Waals surface area contributed by atoms with Gasteiger partial charge < -0.3 is 4.74 Å². The zero-order chi connectivity index (χ0) is 10.1. The number of hydrogen-bond donors (Lipinski definition) is 0. The van der Waals surface area contributed by atoms with E-state index in [4.69, 9.17) is 4.74 Å². The molecule has 0 fully saturated rings. The van der Waals surface area contributed by atoms with Crippen LogP contribution in [0, 0.1) is 6.92 Å². The molecule has 76 valence electrons. The van der Waals surface area contributed by atoms with Crippen LogP contribution in [-0.2, 0) is 6.42 Å². The molecule has 14 heavy (non-hydrogen) atoms. The Hall–Kier alpha value is -0.980. The van der Waals surface area contributed by atoms with Crippen molar-refractivity contribution in [1.29, 1.82) is 0 Å². The number of benzene rings is 1. The number of methoxy groups -OCH3 is 1. The van der Waals surface area contributed by atoms with Crippen LogP contribution in [0.25, 0.3) is 0 Å². The van der Waals surface area contributed by atoms with Gasteiger partial charge in [0.25, 0.3) is 0 Å². The average molecular weight is 190 g/mol. The Morgan fingerprint density at radius 3 is 2.86 bits per heavy atom. The van der Waals surface area contributed by atoms with Crippen molar-refractivity contribution in [2.75, 3.05) is 7.11 Å². The summed E-state index contributed by atoms with van der Waals surface area (Å²) in [6.07, 6.45) is 3.84. The molecule has 0 heterocycles. The minimum absolute atomic E-state index is 0.661. The molecule has 0 spiro atoms. The van der Waals surface area contributed by atoms with Gasteiger partial charge in [0.15, 0.2) is 0 Å². The number of fused-ring (bicyclic) bond motifs is 1. The first-order valence-corrected chi connectivity index (χ1v) is 5.40. The van der Waals surface area contributed by atoms with Gasteiger partial charge in [0, 0.05) is 5.56 Å². The Morgan fingerprint density at radius 2 is 2.14 bits per heavy atom. The van der Waals surface area contributed by atoms with Gasteiger partial charge in [-0.05, 0) is 49.3 Å². The third kappa shape index (κ3) is 1.41. The molecule has 2 rings (SSSR count). The van der Waals surface area contributed by atoms with Gasteiger partial charge in [-0.25, -0.2) is 0 Å².